The SMILES string of the molecule is COC(=O)c1ccc(CCNC(=O)c2cccc(OC)c2OC(F)F)cc1. The van der Waals surface area contributed by atoms with Crippen LogP contribution >= 0.6 is 0 Å². The molecule has 2 rings (SSSR count). The van der Waals surface area contributed by atoms with Crippen molar-refractivity contribution < 1.29 is 32.6 Å². The predicted molar refractivity (Wildman–Crippen MR) is 93.4 cm³/mol. The first kappa shape index (κ1) is 20.2. The number of amides is 1. The van der Waals surface area contributed by atoms with Crippen LogP contribution in [0.4, 0.5) is 8.78 Å². The number of carbonyl (C=O) groups is 2. The molecule has 0 unspecified atom stereocenters. The summed E-state index contributed by atoms with van der Waals surface area (Å²) >= 11 is 0. The lowest BCUT2D eigenvalue weighted by Crippen LogP contribution is -2.26. The zero-order chi connectivity index (χ0) is 19.8. The monoisotopic (exact) mass is 379 g/mol. The highest BCUT2D eigenvalue weighted by molar-refractivity contribution is 5.97. The Labute approximate surface area is 155 Å². The van der Waals surface area contributed by atoms with Gasteiger partial charge >= 0.3 is 12.6 Å². The van der Waals surface area contributed by atoms with Gasteiger partial charge in [0.2, 0.25) is 0 Å². The molecule has 0 aliphatic carbocycles. The summed E-state index contributed by atoms with van der Waals surface area (Å²) in [5.74, 6) is -1.26. The fourth-order valence-electron chi connectivity index (χ4n) is 2.41. The van der Waals surface area contributed by atoms with Crippen molar-refractivity contribution in [3.05, 3.63) is 59.2 Å². The van der Waals surface area contributed by atoms with E-state index in [9.17, 15) is 18.4 Å². The highest BCUT2D eigenvalue weighted by Crippen LogP contribution is 2.32. The minimum absolute atomic E-state index is 0.0429. The molecule has 144 valence electrons. The van der Waals surface area contributed by atoms with Crippen LogP contribution in [0, 0.1) is 0 Å². The van der Waals surface area contributed by atoms with Gasteiger partial charge in [0, 0.05) is 6.54 Å². The van der Waals surface area contributed by atoms with Crippen LogP contribution in [-0.4, -0.2) is 39.3 Å². The van der Waals surface area contributed by atoms with Crippen LogP contribution in [0.3, 0.4) is 0 Å². The number of hydrogen-bond acceptors (Lipinski definition) is 5. The number of methoxy groups -OCH3 is 2. The maximum absolute atomic E-state index is 12.6. The number of esters is 1. The standard InChI is InChI=1S/C19H19F2NO5/c1-25-15-5-3-4-14(16(15)27-19(20)21)17(23)22-11-10-12-6-8-13(9-7-12)18(24)26-2/h3-9,19H,10-11H2,1-2H3,(H,22,23). The Bertz CT molecular complexity index is 793. The summed E-state index contributed by atoms with van der Waals surface area (Å²) in [6.45, 7) is -2.82. The minimum atomic E-state index is -3.08. The quantitative estimate of drug-likeness (QED) is 0.714. The maximum atomic E-state index is 12.6. The Hall–Kier alpha value is -3.16. The molecule has 2 aromatic rings. The average molecular weight is 379 g/mol. The number of carbonyl (C=O) groups excluding carboxylic acids is 2. The van der Waals surface area contributed by atoms with E-state index in [-0.39, 0.29) is 23.6 Å². The molecule has 8 heteroatoms. The molecule has 2 aromatic carbocycles. The Balaban J connectivity index is 2.00. The molecule has 0 aliphatic heterocycles. The molecule has 1 amide bonds. The summed E-state index contributed by atoms with van der Waals surface area (Å²) in [6, 6.07) is 11.1. The molecular weight excluding hydrogens is 360 g/mol. The molecular formula is C19H19F2NO5. The van der Waals surface area contributed by atoms with Crippen LogP contribution in [0.1, 0.15) is 26.3 Å². The topological polar surface area (TPSA) is 73.9 Å². The molecule has 1 N–H and O–H groups in total. The second-order valence-electron chi connectivity index (χ2n) is 5.41. The number of ether oxygens (including phenoxy) is 3. The van der Waals surface area contributed by atoms with Crippen molar-refractivity contribution in [3.63, 3.8) is 0 Å². The summed E-state index contributed by atoms with van der Waals surface area (Å²) in [5, 5.41) is 2.65. The lowest BCUT2D eigenvalue weighted by atomic mass is 10.1. The van der Waals surface area contributed by atoms with E-state index in [4.69, 9.17) is 4.74 Å². The number of hydrogen-bond donors (Lipinski definition) is 1. The second kappa shape index (κ2) is 9.51. The molecule has 0 fully saturated rings. The number of benzene rings is 2. The van der Waals surface area contributed by atoms with Gasteiger partial charge in [0.05, 0.1) is 25.3 Å². The molecule has 0 spiro atoms. The Morgan fingerprint density at radius 2 is 1.78 bits per heavy atom. The van der Waals surface area contributed by atoms with Gasteiger partial charge in [0.1, 0.15) is 0 Å². The first-order valence-electron chi connectivity index (χ1n) is 8.03. The number of halogens is 2. The van der Waals surface area contributed by atoms with E-state index in [0.717, 1.165) is 5.56 Å². The predicted octanol–water partition coefficient (Wildman–Crippen LogP) is 3.06. The van der Waals surface area contributed by atoms with E-state index in [1.165, 1.54) is 32.4 Å². The smallest absolute Gasteiger partial charge is 0.387 e. The first-order chi connectivity index (χ1) is 13.0. The van der Waals surface area contributed by atoms with Crippen LogP contribution in [0.5, 0.6) is 11.5 Å². The van der Waals surface area contributed by atoms with E-state index < -0.39 is 18.5 Å². The van der Waals surface area contributed by atoms with Crippen LogP contribution in [0.2, 0.25) is 0 Å². The molecule has 0 saturated carbocycles. The van der Waals surface area contributed by atoms with Gasteiger partial charge in [0.25, 0.3) is 5.91 Å². The summed E-state index contributed by atoms with van der Waals surface area (Å²) in [6.07, 6.45) is 0.488. The Kier molecular flexibility index (Phi) is 7.10. The number of nitrogens with one attached hydrogen (secondary N) is 1. The first-order valence-corrected chi connectivity index (χ1v) is 8.03. The van der Waals surface area contributed by atoms with Gasteiger partial charge in [-0.15, -0.1) is 0 Å². The molecule has 27 heavy (non-hydrogen) atoms. The third-order valence-electron chi connectivity index (χ3n) is 3.72. The largest absolute Gasteiger partial charge is 0.493 e. The lowest BCUT2D eigenvalue weighted by molar-refractivity contribution is -0.0515. The van der Waals surface area contributed by atoms with Gasteiger partial charge in [-0.05, 0) is 36.2 Å². The molecule has 6 nitrogen and oxygen atoms in total. The fourth-order valence-corrected chi connectivity index (χ4v) is 2.41. The van der Waals surface area contributed by atoms with Crippen molar-refractivity contribution in [1.82, 2.24) is 5.32 Å². The van der Waals surface area contributed by atoms with Crippen molar-refractivity contribution in [2.24, 2.45) is 0 Å². The van der Waals surface area contributed by atoms with Crippen LogP contribution in [-0.2, 0) is 11.2 Å². The zero-order valence-corrected chi connectivity index (χ0v) is 14.8. The molecule has 0 heterocycles. The van der Waals surface area contributed by atoms with Gasteiger partial charge in [-0.25, -0.2) is 4.79 Å². The Morgan fingerprint density at radius 3 is 2.37 bits per heavy atom. The normalized spacial score (nSPS) is 10.4. The second-order valence-corrected chi connectivity index (χ2v) is 5.41. The Morgan fingerprint density at radius 1 is 1.07 bits per heavy atom. The summed E-state index contributed by atoms with van der Waals surface area (Å²) < 4.78 is 39.3. The minimum Gasteiger partial charge on any atom is -0.493 e. The molecule has 0 radical (unpaired) electrons. The number of rotatable bonds is 8. The average Bonchev–Trinajstić information content (AvgIpc) is 2.67. The van der Waals surface area contributed by atoms with E-state index in [2.05, 4.69) is 14.8 Å². The van der Waals surface area contributed by atoms with E-state index in [1.54, 1.807) is 24.3 Å². The fraction of sp³-hybridized carbons (Fsp3) is 0.263. The van der Waals surface area contributed by atoms with Gasteiger partial charge in [-0.3, -0.25) is 4.79 Å². The van der Waals surface area contributed by atoms with Gasteiger partial charge in [0.15, 0.2) is 11.5 Å². The van der Waals surface area contributed by atoms with E-state index in [0.29, 0.717) is 12.0 Å². The van der Waals surface area contributed by atoms with Crippen LogP contribution in [0.25, 0.3) is 0 Å². The van der Waals surface area contributed by atoms with Gasteiger partial charge < -0.3 is 19.5 Å². The van der Waals surface area contributed by atoms with E-state index >= 15 is 0 Å². The van der Waals surface area contributed by atoms with Crippen molar-refractivity contribution in [3.8, 4) is 11.5 Å². The van der Waals surface area contributed by atoms with E-state index in [1.807, 2.05) is 0 Å². The van der Waals surface area contributed by atoms with Crippen molar-refractivity contribution >= 4 is 11.9 Å². The van der Waals surface area contributed by atoms with Crippen LogP contribution in [0.15, 0.2) is 42.5 Å². The summed E-state index contributed by atoms with van der Waals surface area (Å²) in [4.78, 5) is 23.7. The van der Waals surface area contributed by atoms with Crippen LogP contribution < -0.4 is 14.8 Å². The molecule has 0 aliphatic rings. The van der Waals surface area contributed by atoms with Crippen molar-refractivity contribution in [2.45, 2.75) is 13.0 Å². The highest BCUT2D eigenvalue weighted by Gasteiger charge is 2.20. The molecule has 0 saturated heterocycles. The molecule has 0 bridgehead atoms. The third kappa shape index (κ3) is 5.40. The molecule has 0 atom stereocenters. The summed E-state index contributed by atoms with van der Waals surface area (Å²) in [5.41, 5.74) is 1.27. The number of alkyl halides is 2. The van der Waals surface area contributed by atoms with Gasteiger partial charge in [-0.2, -0.15) is 8.78 Å². The van der Waals surface area contributed by atoms with Gasteiger partial charge in [-0.1, -0.05) is 18.2 Å². The summed E-state index contributed by atoms with van der Waals surface area (Å²) in [7, 11) is 2.60. The van der Waals surface area contributed by atoms with Crippen molar-refractivity contribution in [1.29, 1.82) is 0 Å². The maximum Gasteiger partial charge on any atom is 0.387 e. The highest BCUT2D eigenvalue weighted by atomic mass is 19.3. The number of para-hydroxylation sites is 1. The molecule has 0 aromatic heterocycles. The third-order valence-corrected chi connectivity index (χ3v) is 3.72. The van der Waals surface area contributed by atoms with Crippen molar-refractivity contribution in [2.75, 3.05) is 20.8 Å². The lowest BCUT2D eigenvalue weighted by Gasteiger charge is -2.14. The zero-order valence-electron chi connectivity index (χ0n) is 14.8.